The molecule has 1 aliphatic rings. The molecule has 1 amide bonds. The van der Waals surface area contributed by atoms with E-state index in [1.807, 2.05) is 13.8 Å². The van der Waals surface area contributed by atoms with E-state index in [9.17, 15) is 9.59 Å². The second-order valence-electron chi connectivity index (χ2n) is 5.62. The van der Waals surface area contributed by atoms with Crippen molar-refractivity contribution in [2.45, 2.75) is 71.2 Å². The molecule has 0 spiro atoms. The highest BCUT2D eigenvalue weighted by atomic mass is 31.1. The maximum absolute atomic E-state index is 12.3. The van der Waals surface area contributed by atoms with Gasteiger partial charge in [0.25, 0.3) is 0 Å². The summed E-state index contributed by atoms with van der Waals surface area (Å²) < 4.78 is 58.5. The summed E-state index contributed by atoms with van der Waals surface area (Å²) >= 11 is 0. The van der Waals surface area contributed by atoms with E-state index < -0.39 is 45.8 Å². The van der Waals surface area contributed by atoms with Crippen LogP contribution in [0.2, 0.25) is 0 Å². The van der Waals surface area contributed by atoms with Gasteiger partial charge in [-0.15, -0.1) is 0 Å². The molecule has 0 aliphatic heterocycles. The number of hydrogen-bond donors (Lipinski definition) is 3. The van der Waals surface area contributed by atoms with Gasteiger partial charge in [-0.3, -0.25) is 4.79 Å². The highest BCUT2D eigenvalue weighted by Crippen LogP contribution is 2.24. The SMILES string of the molecule is O=[P+]([O-])OO.[2H]C([2H])([2H])C([2H])([2H])OC(=O)C1=C[C@H](OC(CC)CC)[C@H](NC(C)=O)[C@H](N)C1.[HH]. The number of amides is 1. The zero-order valence-electron chi connectivity index (χ0n) is 20.3. The number of carbonyl (C=O) groups excluding carboxylic acids is 2. The summed E-state index contributed by atoms with van der Waals surface area (Å²) in [5.74, 6) is -1.40. The molecule has 0 heterocycles. The second kappa shape index (κ2) is 13.7. The summed E-state index contributed by atoms with van der Waals surface area (Å²) in [4.78, 5) is 32.8. The van der Waals surface area contributed by atoms with Crippen LogP contribution in [0.5, 0.6) is 0 Å². The van der Waals surface area contributed by atoms with Crippen LogP contribution in [0, 0.1) is 0 Å². The minimum absolute atomic E-state index is 0. The monoisotopic (exact) mass is 415 g/mol. The van der Waals surface area contributed by atoms with Crippen molar-refractivity contribution in [1.82, 2.24) is 5.32 Å². The Morgan fingerprint density at radius 1 is 1.59 bits per heavy atom. The van der Waals surface area contributed by atoms with Crippen LogP contribution in [-0.4, -0.2) is 48.0 Å². The molecule has 1 unspecified atom stereocenters. The third-order valence-corrected chi connectivity index (χ3v) is 3.87. The average Bonchev–Trinajstić information content (AvgIpc) is 2.67. The maximum atomic E-state index is 12.3. The molecule has 0 aromatic rings. The van der Waals surface area contributed by atoms with E-state index in [0.29, 0.717) is 12.8 Å². The normalized spacial score (nSPS) is 26.0. The highest BCUT2D eigenvalue weighted by molar-refractivity contribution is 7.30. The van der Waals surface area contributed by atoms with Gasteiger partial charge in [0.2, 0.25) is 5.91 Å². The van der Waals surface area contributed by atoms with Crippen molar-refractivity contribution in [2.24, 2.45) is 5.73 Å². The maximum Gasteiger partial charge on any atom is 0.521 e. The largest absolute Gasteiger partial charge is 0.565 e. The van der Waals surface area contributed by atoms with E-state index in [2.05, 4.69) is 14.7 Å². The fourth-order valence-electron chi connectivity index (χ4n) is 2.51. The topological polar surface area (TPSA) is 160 Å². The number of nitrogens with one attached hydrogen (secondary N) is 1. The summed E-state index contributed by atoms with van der Waals surface area (Å²) in [6.45, 7) is -1.03. The molecule has 0 radical (unpaired) electrons. The Balaban J connectivity index is 0. The molecule has 1 rings (SSSR count). The molecule has 10 nitrogen and oxygen atoms in total. The van der Waals surface area contributed by atoms with Gasteiger partial charge in [-0.1, -0.05) is 13.8 Å². The predicted octanol–water partition coefficient (Wildman–Crippen LogP) is 1.03. The van der Waals surface area contributed by atoms with Gasteiger partial charge >= 0.3 is 14.2 Å². The van der Waals surface area contributed by atoms with Gasteiger partial charge in [-0.05, 0) is 36.8 Å². The molecule has 11 heteroatoms. The first kappa shape index (κ1) is 17.7. The van der Waals surface area contributed by atoms with Crippen LogP contribution >= 0.6 is 8.25 Å². The van der Waals surface area contributed by atoms with Gasteiger partial charge in [0, 0.05) is 28.8 Å². The van der Waals surface area contributed by atoms with E-state index in [-0.39, 0.29) is 25.4 Å². The molecule has 4 atom stereocenters. The Morgan fingerprint density at radius 3 is 2.63 bits per heavy atom. The molecule has 158 valence electrons. The minimum atomic E-state index is -3.13. The Labute approximate surface area is 168 Å². The first-order valence-corrected chi connectivity index (χ1v) is 9.27. The Kier molecular flexibility index (Phi) is 8.96. The van der Waals surface area contributed by atoms with Gasteiger partial charge < -0.3 is 25.4 Å². The molecule has 0 saturated heterocycles. The van der Waals surface area contributed by atoms with Gasteiger partial charge in [-0.25, -0.2) is 10.1 Å². The fourth-order valence-corrected chi connectivity index (χ4v) is 2.51. The van der Waals surface area contributed by atoms with E-state index in [1.54, 1.807) is 0 Å². The Morgan fingerprint density at radius 2 is 2.19 bits per heavy atom. The van der Waals surface area contributed by atoms with Crippen molar-refractivity contribution in [1.29, 1.82) is 0 Å². The van der Waals surface area contributed by atoms with Crippen molar-refractivity contribution in [3.05, 3.63) is 11.6 Å². The van der Waals surface area contributed by atoms with Crippen LogP contribution in [0.4, 0.5) is 0 Å². The third kappa shape index (κ3) is 9.90. The number of rotatable bonds is 8. The minimum Gasteiger partial charge on any atom is -0.565 e. The van der Waals surface area contributed by atoms with Crippen molar-refractivity contribution < 1.29 is 46.7 Å². The molecule has 0 saturated carbocycles. The number of ether oxygens (including phenoxy) is 2. The van der Waals surface area contributed by atoms with Crippen molar-refractivity contribution >= 4 is 20.1 Å². The van der Waals surface area contributed by atoms with E-state index in [4.69, 9.17) is 32.0 Å². The average molecular weight is 415 g/mol. The second-order valence-corrected chi connectivity index (χ2v) is 6.23. The smallest absolute Gasteiger partial charge is 0.521 e. The van der Waals surface area contributed by atoms with Crippen molar-refractivity contribution in [2.75, 3.05) is 6.56 Å². The van der Waals surface area contributed by atoms with Crippen LogP contribution in [0.3, 0.4) is 0 Å². The molecule has 27 heavy (non-hydrogen) atoms. The lowest BCUT2D eigenvalue weighted by Gasteiger charge is -2.36. The van der Waals surface area contributed by atoms with Crippen molar-refractivity contribution in [3.63, 3.8) is 0 Å². The van der Waals surface area contributed by atoms with Crippen LogP contribution in [0.1, 0.15) is 55.2 Å². The Hall–Kier alpha value is -1.42. The quantitative estimate of drug-likeness (QED) is 0.227. The number of nitrogens with two attached hydrogens (primary N) is 1. The van der Waals surface area contributed by atoms with Crippen molar-refractivity contribution in [3.8, 4) is 0 Å². The van der Waals surface area contributed by atoms with Gasteiger partial charge in [0.1, 0.15) is 0 Å². The fraction of sp³-hybridized carbons (Fsp3) is 0.750. The summed E-state index contributed by atoms with van der Waals surface area (Å²) in [6, 6.07) is -1.25. The number of carbonyl (C=O) groups is 2. The van der Waals surface area contributed by atoms with Gasteiger partial charge in [0.15, 0.2) is 0 Å². The summed E-state index contributed by atoms with van der Waals surface area (Å²) in [5.41, 5.74) is 6.13. The molecule has 0 aromatic carbocycles. The molecule has 0 bridgehead atoms. The summed E-state index contributed by atoms with van der Waals surface area (Å²) in [6.07, 6.45) is 2.00. The first-order chi connectivity index (χ1) is 14.6. The van der Waals surface area contributed by atoms with E-state index in [1.165, 1.54) is 13.0 Å². The molecule has 1 aliphatic carbocycles. The molecule has 0 aromatic heterocycles. The lowest BCUT2D eigenvalue weighted by molar-refractivity contribution is -0.244. The lowest BCUT2D eigenvalue weighted by Crippen LogP contribution is -2.57. The number of esters is 1. The van der Waals surface area contributed by atoms with E-state index >= 15 is 0 Å². The van der Waals surface area contributed by atoms with Crippen LogP contribution in [-0.2, 0) is 28.3 Å². The first-order valence-electron chi connectivity index (χ1n) is 10.7. The predicted molar refractivity (Wildman–Crippen MR) is 97.6 cm³/mol. The van der Waals surface area contributed by atoms with Gasteiger partial charge in [0.05, 0.1) is 27.6 Å². The zero-order valence-corrected chi connectivity index (χ0v) is 16.2. The van der Waals surface area contributed by atoms with E-state index in [0.717, 1.165) is 0 Å². The number of hydrogen-bond acceptors (Lipinski definition) is 9. The summed E-state index contributed by atoms with van der Waals surface area (Å²) in [7, 11) is -3.04. The molecular weight excluding hydrogens is 379 g/mol. The lowest BCUT2D eigenvalue weighted by atomic mass is 9.88. The molecule has 4 N–H and O–H groups in total. The highest BCUT2D eigenvalue weighted by Gasteiger charge is 2.35. The van der Waals surface area contributed by atoms with Crippen LogP contribution in [0.15, 0.2) is 11.6 Å². The summed E-state index contributed by atoms with van der Waals surface area (Å²) in [5, 5.41) is 9.76. The third-order valence-electron chi connectivity index (χ3n) is 3.74. The molecular formula is C16H31N2O8P. The van der Waals surface area contributed by atoms with Crippen LogP contribution < -0.4 is 15.9 Å². The molecule has 0 fully saturated rings. The van der Waals surface area contributed by atoms with Crippen LogP contribution in [0.25, 0.3) is 0 Å². The Bertz CT molecular complexity index is 690. The van der Waals surface area contributed by atoms with Gasteiger partial charge in [-0.2, -0.15) is 0 Å². The zero-order chi connectivity index (χ0) is 25.3. The standard InChI is InChI=1S/C16H28N2O4.HO4P.H2/c1-5-12(6-2)22-14-9-11(16(20)21-7-3)8-13(17)15(14)18-10(4)19;1-4-5(2)3;/h9,12-15H,5-8,17H2,1-4H3,(H,18,19);1H;1H/t13-,14+,15-;;/m1../s1/i3D3,7D2;;.